The summed E-state index contributed by atoms with van der Waals surface area (Å²) in [6, 6.07) is 2.54. The maximum atomic E-state index is 11.3. The van der Waals surface area contributed by atoms with Crippen molar-refractivity contribution in [2.45, 2.75) is 18.4 Å². The molecule has 98 valence electrons. The molecule has 1 heterocycles. The van der Waals surface area contributed by atoms with E-state index in [0.29, 0.717) is 22.2 Å². The number of hydrogen-bond donors (Lipinski definition) is 1. The molecule has 6 heteroatoms. The van der Waals surface area contributed by atoms with Gasteiger partial charge in [-0.2, -0.15) is 10.2 Å². The number of carboxylic acid groups (broad SMARTS) is 1. The van der Waals surface area contributed by atoms with E-state index in [4.69, 9.17) is 23.2 Å². The molecule has 3 atom stereocenters. The molecular formula is C13H10Cl2N2O2. The summed E-state index contributed by atoms with van der Waals surface area (Å²) in [4.78, 5) is 11.3. The molecule has 0 saturated heterocycles. The van der Waals surface area contributed by atoms with Crippen LogP contribution >= 0.6 is 23.2 Å². The molecule has 1 aromatic carbocycles. The third-order valence-electron chi connectivity index (χ3n) is 3.57. The second-order valence-corrected chi connectivity index (χ2v) is 5.52. The SMILES string of the molecule is O=C(O)C1N=Nc2c(Cl)cc(Cl)cc2C2C=CCC12. The fraction of sp³-hybridized carbons (Fsp3) is 0.308. The summed E-state index contributed by atoms with van der Waals surface area (Å²) < 4.78 is 0. The Morgan fingerprint density at radius 2 is 2.16 bits per heavy atom. The molecule has 2 aliphatic rings. The predicted octanol–water partition coefficient (Wildman–Crippen LogP) is 4.20. The van der Waals surface area contributed by atoms with Gasteiger partial charge in [0.25, 0.3) is 0 Å². The molecule has 19 heavy (non-hydrogen) atoms. The van der Waals surface area contributed by atoms with E-state index in [1.807, 2.05) is 12.2 Å². The zero-order valence-corrected chi connectivity index (χ0v) is 11.3. The summed E-state index contributed by atoms with van der Waals surface area (Å²) in [5, 5.41) is 18.2. The average Bonchev–Trinajstić information content (AvgIpc) is 2.74. The van der Waals surface area contributed by atoms with Crippen molar-refractivity contribution in [3.8, 4) is 0 Å². The zero-order valence-electron chi connectivity index (χ0n) is 9.75. The van der Waals surface area contributed by atoms with E-state index < -0.39 is 12.0 Å². The topological polar surface area (TPSA) is 62.0 Å². The minimum atomic E-state index is -0.961. The Morgan fingerprint density at radius 3 is 2.89 bits per heavy atom. The van der Waals surface area contributed by atoms with Gasteiger partial charge in [0.1, 0.15) is 5.69 Å². The Kier molecular flexibility index (Phi) is 3.07. The molecule has 0 amide bonds. The van der Waals surface area contributed by atoms with Gasteiger partial charge >= 0.3 is 5.97 Å². The molecule has 0 saturated carbocycles. The molecule has 1 aliphatic heterocycles. The van der Waals surface area contributed by atoms with Gasteiger partial charge in [-0.15, -0.1) is 0 Å². The molecule has 3 rings (SSSR count). The Balaban J connectivity index is 2.18. The molecule has 0 radical (unpaired) electrons. The first kappa shape index (κ1) is 12.6. The maximum Gasteiger partial charge on any atom is 0.330 e. The van der Waals surface area contributed by atoms with Crippen LogP contribution < -0.4 is 0 Å². The van der Waals surface area contributed by atoms with Gasteiger partial charge in [-0.25, -0.2) is 4.79 Å². The lowest BCUT2D eigenvalue weighted by molar-refractivity contribution is -0.139. The van der Waals surface area contributed by atoms with Crippen molar-refractivity contribution < 1.29 is 9.90 Å². The number of fused-ring (bicyclic) bond motifs is 3. The molecule has 4 nitrogen and oxygen atoms in total. The van der Waals surface area contributed by atoms with E-state index >= 15 is 0 Å². The smallest absolute Gasteiger partial charge is 0.330 e. The van der Waals surface area contributed by atoms with Gasteiger partial charge in [-0.05, 0) is 24.1 Å². The van der Waals surface area contributed by atoms with Gasteiger partial charge in [-0.3, -0.25) is 0 Å². The number of benzene rings is 1. The number of nitrogens with zero attached hydrogens (tertiary/aromatic N) is 2. The number of halogens is 2. The van der Waals surface area contributed by atoms with Crippen molar-refractivity contribution in [3.05, 3.63) is 39.9 Å². The van der Waals surface area contributed by atoms with Crippen LogP contribution in [0.3, 0.4) is 0 Å². The lowest BCUT2D eigenvalue weighted by atomic mass is 9.83. The number of rotatable bonds is 1. The minimum absolute atomic E-state index is 0.0534. The standard InChI is InChI=1S/C13H10Cl2N2O2/c14-6-4-9-7-2-1-3-8(7)12(13(18)19)17-16-11(9)10(15)5-6/h1-2,4-5,7-8,12H,3H2,(H,18,19). The zero-order chi connectivity index (χ0) is 13.6. The second kappa shape index (κ2) is 4.62. The number of carbonyl (C=O) groups is 1. The summed E-state index contributed by atoms with van der Waals surface area (Å²) in [5.41, 5.74) is 1.38. The van der Waals surface area contributed by atoms with Crippen molar-refractivity contribution >= 4 is 34.9 Å². The van der Waals surface area contributed by atoms with E-state index in [9.17, 15) is 9.90 Å². The molecule has 0 aromatic heterocycles. The lowest BCUT2D eigenvalue weighted by Gasteiger charge is -2.21. The summed E-state index contributed by atoms with van der Waals surface area (Å²) >= 11 is 12.2. The highest BCUT2D eigenvalue weighted by Crippen LogP contribution is 2.47. The van der Waals surface area contributed by atoms with Gasteiger partial charge in [0.2, 0.25) is 0 Å². The quantitative estimate of drug-likeness (QED) is 0.789. The Hall–Kier alpha value is -1.39. The predicted molar refractivity (Wildman–Crippen MR) is 72.4 cm³/mol. The van der Waals surface area contributed by atoms with Crippen LogP contribution in [-0.2, 0) is 4.79 Å². The molecule has 0 spiro atoms. The fourth-order valence-electron chi connectivity index (χ4n) is 2.71. The summed E-state index contributed by atoms with van der Waals surface area (Å²) in [6.07, 6.45) is 4.64. The van der Waals surface area contributed by atoms with Crippen LogP contribution in [0.5, 0.6) is 0 Å². The maximum absolute atomic E-state index is 11.3. The monoisotopic (exact) mass is 296 g/mol. The molecule has 1 aliphatic carbocycles. The number of hydrogen-bond acceptors (Lipinski definition) is 3. The lowest BCUT2D eigenvalue weighted by Crippen LogP contribution is -2.28. The van der Waals surface area contributed by atoms with E-state index in [2.05, 4.69) is 10.2 Å². The fourth-order valence-corrected chi connectivity index (χ4v) is 3.26. The molecule has 1 aromatic rings. The Labute approximate surface area is 119 Å². The number of carboxylic acids is 1. The highest BCUT2D eigenvalue weighted by atomic mass is 35.5. The summed E-state index contributed by atoms with van der Waals surface area (Å²) in [7, 11) is 0. The third-order valence-corrected chi connectivity index (χ3v) is 4.08. The highest BCUT2D eigenvalue weighted by molar-refractivity contribution is 6.36. The van der Waals surface area contributed by atoms with Crippen LogP contribution in [0.1, 0.15) is 17.9 Å². The van der Waals surface area contributed by atoms with Crippen LogP contribution in [0, 0.1) is 5.92 Å². The number of allylic oxidation sites excluding steroid dienone is 2. The van der Waals surface area contributed by atoms with Crippen LogP contribution in [0.25, 0.3) is 0 Å². The molecule has 1 N–H and O–H groups in total. The summed E-state index contributed by atoms with van der Waals surface area (Å²) in [6.45, 7) is 0. The molecular weight excluding hydrogens is 287 g/mol. The Morgan fingerprint density at radius 1 is 1.37 bits per heavy atom. The van der Waals surface area contributed by atoms with Crippen LogP contribution in [0.15, 0.2) is 34.5 Å². The van der Waals surface area contributed by atoms with Gasteiger partial charge in [0, 0.05) is 16.9 Å². The van der Waals surface area contributed by atoms with Crippen molar-refractivity contribution in [3.63, 3.8) is 0 Å². The number of aliphatic carboxylic acids is 1. The van der Waals surface area contributed by atoms with Crippen molar-refractivity contribution in [1.29, 1.82) is 0 Å². The van der Waals surface area contributed by atoms with Crippen LogP contribution in [0.2, 0.25) is 10.0 Å². The second-order valence-electron chi connectivity index (χ2n) is 4.68. The van der Waals surface area contributed by atoms with Crippen LogP contribution in [0.4, 0.5) is 5.69 Å². The minimum Gasteiger partial charge on any atom is -0.480 e. The van der Waals surface area contributed by atoms with E-state index in [0.717, 1.165) is 5.56 Å². The third kappa shape index (κ3) is 2.05. The first-order chi connectivity index (χ1) is 9.08. The van der Waals surface area contributed by atoms with Crippen LogP contribution in [-0.4, -0.2) is 17.1 Å². The molecule has 0 bridgehead atoms. The van der Waals surface area contributed by atoms with Gasteiger partial charge in [-0.1, -0.05) is 35.4 Å². The highest BCUT2D eigenvalue weighted by Gasteiger charge is 2.39. The normalized spacial score (nSPS) is 27.8. The van der Waals surface area contributed by atoms with Crippen molar-refractivity contribution in [2.24, 2.45) is 16.1 Å². The van der Waals surface area contributed by atoms with Crippen molar-refractivity contribution in [2.75, 3.05) is 0 Å². The Bertz CT molecular complexity index is 613. The van der Waals surface area contributed by atoms with E-state index in [1.54, 1.807) is 12.1 Å². The van der Waals surface area contributed by atoms with E-state index in [1.165, 1.54) is 0 Å². The van der Waals surface area contributed by atoms with Gasteiger partial charge in [0.05, 0.1) is 5.02 Å². The number of azo groups is 1. The van der Waals surface area contributed by atoms with Gasteiger partial charge < -0.3 is 5.11 Å². The first-order valence-electron chi connectivity index (χ1n) is 5.87. The first-order valence-corrected chi connectivity index (χ1v) is 6.63. The average molecular weight is 297 g/mol. The van der Waals surface area contributed by atoms with E-state index in [-0.39, 0.29) is 11.8 Å². The molecule has 3 unspecified atom stereocenters. The largest absolute Gasteiger partial charge is 0.480 e. The summed E-state index contributed by atoms with van der Waals surface area (Å²) in [5.74, 6) is -1.14. The van der Waals surface area contributed by atoms with Crippen molar-refractivity contribution in [1.82, 2.24) is 0 Å². The molecule has 0 fully saturated rings. The van der Waals surface area contributed by atoms with Gasteiger partial charge in [0.15, 0.2) is 6.04 Å².